The van der Waals surface area contributed by atoms with Gasteiger partial charge in [-0.3, -0.25) is 14.4 Å². The van der Waals surface area contributed by atoms with Crippen molar-refractivity contribution in [2.75, 3.05) is 31.6 Å². The summed E-state index contributed by atoms with van der Waals surface area (Å²) in [6.07, 6.45) is 0.0138. The molecule has 1 aliphatic heterocycles. The minimum atomic E-state index is -0.819. The zero-order valence-corrected chi connectivity index (χ0v) is 14.4. The highest BCUT2D eigenvalue weighted by atomic mass is 16.5. The SMILES string of the molecule is CC(CC(=O)Nc1ccc(C)cc1)=NNC(=O)C(=O)N1CCOCC1. The number of nitrogens with one attached hydrogen (secondary N) is 2. The summed E-state index contributed by atoms with van der Waals surface area (Å²) in [7, 11) is 0. The number of rotatable bonds is 4. The predicted octanol–water partition coefficient (Wildman–Crippen LogP) is 0.675. The normalized spacial score (nSPS) is 14.8. The van der Waals surface area contributed by atoms with Crippen LogP contribution in [-0.2, 0) is 19.1 Å². The standard InChI is InChI=1S/C17H22N4O4/c1-12-3-5-14(6-4-12)18-15(22)11-13(2)19-20-16(23)17(24)21-7-9-25-10-8-21/h3-6H,7-11H2,1-2H3,(H,18,22)(H,20,23). The summed E-state index contributed by atoms with van der Waals surface area (Å²) in [6, 6.07) is 7.41. The molecule has 2 N–H and O–H groups in total. The first-order chi connectivity index (χ1) is 12.0. The molecule has 1 fully saturated rings. The highest BCUT2D eigenvalue weighted by Gasteiger charge is 2.23. The molecule has 1 aliphatic rings. The zero-order chi connectivity index (χ0) is 18.2. The number of carbonyl (C=O) groups excluding carboxylic acids is 3. The third kappa shape index (κ3) is 6.00. The van der Waals surface area contributed by atoms with Gasteiger partial charge in [-0.15, -0.1) is 0 Å². The maximum atomic E-state index is 11.9. The number of hydrogen-bond donors (Lipinski definition) is 2. The van der Waals surface area contributed by atoms with Crippen molar-refractivity contribution in [1.29, 1.82) is 0 Å². The Morgan fingerprint density at radius 2 is 1.80 bits per heavy atom. The number of amides is 3. The quantitative estimate of drug-likeness (QED) is 0.475. The van der Waals surface area contributed by atoms with Gasteiger partial charge in [-0.05, 0) is 26.0 Å². The minimum absolute atomic E-state index is 0.0138. The molecular weight excluding hydrogens is 324 g/mol. The second-order valence-corrected chi connectivity index (χ2v) is 5.78. The van der Waals surface area contributed by atoms with Crippen LogP contribution in [0.4, 0.5) is 5.69 Å². The zero-order valence-electron chi connectivity index (χ0n) is 14.4. The number of benzene rings is 1. The Balaban J connectivity index is 1.79. The largest absolute Gasteiger partial charge is 0.378 e. The van der Waals surface area contributed by atoms with Crippen molar-refractivity contribution in [2.24, 2.45) is 5.10 Å². The van der Waals surface area contributed by atoms with Crippen LogP contribution in [0.15, 0.2) is 29.4 Å². The number of morpholine rings is 1. The van der Waals surface area contributed by atoms with Gasteiger partial charge in [0.2, 0.25) is 5.91 Å². The van der Waals surface area contributed by atoms with E-state index >= 15 is 0 Å². The molecule has 0 aliphatic carbocycles. The van der Waals surface area contributed by atoms with Crippen LogP contribution in [0, 0.1) is 6.92 Å². The third-order valence-corrected chi connectivity index (χ3v) is 3.59. The van der Waals surface area contributed by atoms with Crippen molar-refractivity contribution in [3.63, 3.8) is 0 Å². The average molecular weight is 346 g/mol. The fraction of sp³-hybridized carbons (Fsp3) is 0.412. The lowest BCUT2D eigenvalue weighted by molar-refractivity contribution is -0.148. The van der Waals surface area contributed by atoms with Crippen LogP contribution in [-0.4, -0.2) is 54.6 Å². The second kappa shape index (κ2) is 8.93. The van der Waals surface area contributed by atoms with Crippen molar-refractivity contribution in [3.8, 4) is 0 Å². The molecule has 1 aromatic carbocycles. The molecule has 25 heavy (non-hydrogen) atoms. The van der Waals surface area contributed by atoms with Crippen LogP contribution in [0.25, 0.3) is 0 Å². The molecule has 8 heteroatoms. The molecule has 1 aromatic rings. The summed E-state index contributed by atoms with van der Waals surface area (Å²) in [4.78, 5) is 37.1. The number of hydrazone groups is 1. The molecule has 2 rings (SSSR count). The van der Waals surface area contributed by atoms with Gasteiger partial charge in [-0.2, -0.15) is 5.10 Å². The lowest BCUT2D eigenvalue weighted by atomic mass is 10.2. The van der Waals surface area contributed by atoms with E-state index in [0.717, 1.165) is 5.56 Å². The lowest BCUT2D eigenvalue weighted by Gasteiger charge is -2.25. The Kier molecular flexibility index (Phi) is 6.64. The summed E-state index contributed by atoms with van der Waals surface area (Å²) >= 11 is 0. The number of ether oxygens (including phenoxy) is 1. The Bertz CT molecular complexity index is 664. The van der Waals surface area contributed by atoms with E-state index in [1.54, 1.807) is 6.92 Å². The molecular formula is C17H22N4O4. The Morgan fingerprint density at radius 3 is 2.44 bits per heavy atom. The monoisotopic (exact) mass is 346 g/mol. The maximum Gasteiger partial charge on any atom is 0.329 e. The molecule has 0 atom stereocenters. The van der Waals surface area contributed by atoms with Crippen LogP contribution in [0.3, 0.4) is 0 Å². The molecule has 0 unspecified atom stereocenters. The van der Waals surface area contributed by atoms with Crippen molar-refractivity contribution in [3.05, 3.63) is 29.8 Å². The van der Waals surface area contributed by atoms with Gasteiger partial charge >= 0.3 is 11.8 Å². The molecule has 0 radical (unpaired) electrons. The molecule has 1 heterocycles. The first-order valence-electron chi connectivity index (χ1n) is 8.02. The first kappa shape index (κ1) is 18.6. The third-order valence-electron chi connectivity index (χ3n) is 3.59. The smallest absolute Gasteiger partial charge is 0.329 e. The van der Waals surface area contributed by atoms with Gasteiger partial charge in [-0.1, -0.05) is 17.7 Å². The second-order valence-electron chi connectivity index (χ2n) is 5.78. The van der Waals surface area contributed by atoms with E-state index in [0.29, 0.717) is 37.7 Å². The highest BCUT2D eigenvalue weighted by Crippen LogP contribution is 2.09. The fourth-order valence-corrected chi connectivity index (χ4v) is 2.22. The van der Waals surface area contributed by atoms with Gasteiger partial charge in [0.05, 0.1) is 19.6 Å². The molecule has 0 saturated carbocycles. The molecule has 8 nitrogen and oxygen atoms in total. The average Bonchev–Trinajstić information content (AvgIpc) is 2.61. The Labute approximate surface area is 146 Å². The topological polar surface area (TPSA) is 100 Å². The van der Waals surface area contributed by atoms with Crippen molar-refractivity contribution < 1.29 is 19.1 Å². The van der Waals surface area contributed by atoms with Crippen molar-refractivity contribution >= 4 is 29.1 Å². The van der Waals surface area contributed by atoms with E-state index in [9.17, 15) is 14.4 Å². The molecule has 0 bridgehead atoms. The summed E-state index contributed by atoms with van der Waals surface area (Å²) in [5, 5.41) is 6.55. The summed E-state index contributed by atoms with van der Waals surface area (Å²) in [5.41, 5.74) is 4.38. The number of aryl methyl sites for hydroxylation is 1. The molecule has 134 valence electrons. The fourth-order valence-electron chi connectivity index (χ4n) is 2.22. The number of hydrogen-bond acceptors (Lipinski definition) is 5. The van der Waals surface area contributed by atoms with Gasteiger partial charge < -0.3 is 15.0 Å². The van der Waals surface area contributed by atoms with Gasteiger partial charge in [0.15, 0.2) is 0 Å². The van der Waals surface area contributed by atoms with E-state index in [-0.39, 0.29) is 12.3 Å². The van der Waals surface area contributed by atoms with Crippen LogP contribution in [0.2, 0.25) is 0 Å². The predicted molar refractivity (Wildman–Crippen MR) is 93.1 cm³/mol. The van der Waals surface area contributed by atoms with E-state index in [2.05, 4.69) is 15.8 Å². The maximum absolute atomic E-state index is 11.9. The van der Waals surface area contributed by atoms with Gasteiger partial charge in [0.1, 0.15) is 0 Å². The van der Waals surface area contributed by atoms with Crippen molar-refractivity contribution in [1.82, 2.24) is 10.3 Å². The van der Waals surface area contributed by atoms with Crippen LogP contribution in [0.5, 0.6) is 0 Å². The van der Waals surface area contributed by atoms with Crippen LogP contribution in [0.1, 0.15) is 18.9 Å². The van der Waals surface area contributed by atoms with Crippen molar-refractivity contribution in [2.45, 2.75) is 20.3 Å². The molecule has 1 saturated heterocycles. The van der Waals surface area contributed by atoms with E-state index in [1.807, 2.05) is 31.2 Å². The van der Waals surface area contributed by atoms with E-state index in [1.165, 1.54) is 4.90 Å². The minimum Gasteiger partial charge on any atom is -0.378 e. The van der Waals surface area contributed by atoms with E-state index < -0.39 is 11.8 Å². The first-order valence-corrected chi connectivity index (χ1v) is 8.02. The van der Waals surface area contributed by atoms with E-state index in [4.69, 9.17) is 4.74 Å². The molecule has 3 amide bonds. The number of anilines is 1. The lowest BCUT2D eigenvalue weighted by Crippen LogP contribution is -2.47. The van der Waals surface area contributed by atoms with Gasteiger partial charge in [0, 0.05) is 24.5 Å². The van der Waals surface area contributed by atoms with Gasteiger partial charge in [0.25, 0.3) is 0 Å². The molecule has 0 aromatic heterocycles. The van der Waals surface area contributed by atoms with Crippen LogP contribution >= 0.6 is 0 Å². The highest BCUT2D eigenvalue weighted by molar-refractivity contribution is 6.35. The summed E-state index contributed by atoms with van der Waals surface area (Å²) in [6.45, 7) is 5.17. The number of nitrogens with zero attached hydrogens (tertiary/aromatic N) is 2. The molecule has 0 spiro atoms. The Morgan fingerprint density at radius 1 is 1.16 bits per heavy atom. The van der Waals surface area contributed by atoms with Gasteiger partial charge in [-0.25, -0.2) is 5.43 Å². The summed E-state index contributed by atoms with van der Waals surface area (Å²) < 4.78 is 5.13. The number of carbonyl (C=O) groups is 3. The van der Waals surface area contributed by atoms with Crippen LogP contribution < -0.4 is 10.7 Å². The summed E-state index contributed by atoms with van der Waals surface area (Å²) in [5.74, 6) is -1.72. The Hall–Kier alpha value is -2.74.